The van der Waals surface area contributed by atoms with Crippen LogP contribution in [0.2, 0.25) is 0 Å². The van der Waals surface area contributed by atoms with Gasteiger partial charge in [0.25, 0.3) is 0 Å². The summed E-state index contributed by atoms with van der Waals surface area (Å²) in [5, 5.41) is 18.5. The van der Waals surface area contributed by atoms with Crippen molar-refractivity contribution in [1.29, 1.82) is 5.26 Å². The molecule has 214 valence electrons. The Labute approximate surface area is 241 Å². The Hall–Kier alpha value is -4.40. The van der Waals surface area contributed by atoms with Gasteiger partial charge in [0.2, 0.25) is 5.88 Å². The highest BCUT2D eigenvalue weighted by atomic mass is 19.1. The first-order valence-corrected chi connectivity index (χ1v) is 14.1. The van der Waals surface area contributed by atoms with Crippen molar-refractivity contribution in [3.8, 4) is 11.9 Å². The maximum atomic E-state index is 14.3. The fourth-order valence-corrected chi connectivity index (χ4v) is 6.28. The first-order chi connectivity index (χ1) is 20.4. The quantitative estimate of drug-likeness (QED) is 0.318. The minimum Gasteiger partial charge on any atom is -0.478 e. The molecule has 2 unspecified atom stereocenters. The molecule has 0 radical (unpaired) electrons. The standard InChI is InChI=1S/C31H29FN6O4/c32-24-9-19(12-33)1-2-21(24)18-42-29-14-34-13-27(36-29)31-6-7-37(15-22(31)11-31)17-28-35-25-4-3-20(30(39)40)10-26(25)38(28)16-23-5-8-41-23/h1-4,9-10,13-14,22-23H,5-8,11,15-18H2,(H,39,40)/t22?,23-,31?/m0/s1. The number of likely N-dealkylation sites (tertiary alicyclic amines) is 1. The van der Waals surface area contributed by atoms with Gasteiger partial charge in [-0.1, -0.05) is 6.07 Å². The molecule has 1 saturated carbocycles. The van der Waals surface area contributed by atoms with Crippen molar-refractivity contribution in [3.05, 3.63) is 82.8 Å². The molecular weight excluding hydrogens is 539 g/mol. The van der Waals surface area contributed by atoms with Crippen LogP contribution in [0.5, 0.6) is 5.88 Å². The SMILES string of the molecule is N#Cc1ccc(COc2cncc(C34CCN(Cc5nc6ccc(C(=O)O)cc6n5C[C@@H]5CCO5)CC3C4)n2)c(F)c1. The molecule has 7 rings (SSSR count). The highest BCUT2D eigenvalue weighted by Crippen LogP contribution is 2.58. The van der Waals surface area contributed by atoms with E-state index < -0.39 is 11.8 Å². The zero-order valence-corrected chi connectivity index (χ0v) is 22.9. The van der Waals surface area contributed by atoms with Gasteiger partial charge in [-0.25, -0.2) is 19.2 Å². The van der Waals surface area contributed by atoms with Crippen LogP contribution in [-0.4, -0.2) is 61.3 Å². The van der Waals surface area contributed by atoms with Gasteiger partial charge in [-0.15, -0.1) is 0 Å². The molecule has 3 aliphatic rings. The van der Waals surface area contributed by atoms with Crippen LogP contribution in [0.25, 0.3) is 11.0 Å². The molecule has 2 aliphatic heterocycles. The van der Waals surface area contributed by atoms with Gasteiger partial charge >= 0.3 is 5.97 Å². The molecule has 1 N–H and O–H groups in total. The van der Waals surface area contributed by atoms with Crippen LogP contribution in [-0.2, 0) is 29.8 Å². The van der Waals surface area contributed by atoms with E-state index in [1.54, 1.807) is 36.5 Å². The Morgan fingerprint density at radius 3 is 2.86 bits per heavy atom. The molecule has 3 fully saturated rings. The topological polar surface area (TPSA) is 126 Å². The van der Waals surface area contributed by atoms with Crippen LogP contribution in [0.15, 0.2) is 48.8 Å². The third kappa shape index (κ3) is 4.86. The van der Waals surface area contributed by atoms with E-state index in [-0.39, 0.29) is 29.3 Å². The predicted octanol–water partition coefficient (Wildman–Crippen LogP) is 4.07. The van der Waals surface area contributed by atoms with Gasteiger partial charge in [-0.3, -0.25) is 9.88 Å². The molecule has 0 amide bonds. The minimum absolute atomic E-state index is 0.000732. The predicted molar refractivity (Wildman–Crippen MR) is 148 cm³/mol. The zero-order valence-electron chi connectivity index (χ0n) is 22.9. The maximum absolute atomic E-state index is 14.3. The van der Waals surface area contributed by atoms with Gasteiger partial charge in [0.05, 0.1) is 59.3 Å². The molecule has 2 aromatic carbocycles. The summed E-state index contributed by atoms with van der Waals surface area (Å²) in [5.41, 5.74) is 3.34. The van der Waals surface area contributed by atoms with Crippen molar-refractivity contribution in [2.45, 2.75) is 50.5 Å². The zero-order chi connectivity index (χ0) is 28.8. The molecule has 0 spiro atoms. The first kappa shape index (κ1) is 26.5. The van der Waals surface area contributed by atoms with E-state index in [0.29, 0.717) is 30.5 Å². The van der Waals surface area contributed by atoms with Gasteiger partial charge in [0.1, 0.15) is 18.2 Å². The normalized spacial score (nSPS) is 23.1. The minimum atomic E-state index is -0.953. The average molecular weight is 569 g/mol. The summed E-state index contributed by atoms with van der Waals surface area (Å²) in [4.78, 5) is 28.0. The Kier molecular flexibility index (Phi) is 6.60. The van der Waals surface area contributed by atoms with E-state index in [9.17, 15) is 14.3 Å². The summed E-state index contributed by atoms with van der Waals surface area (Å²) in [6, 6.07) is 11.3. The van der Waals surface area contributed by atoms with Crippen molar-refractivity contribution in [2.24, 2.45) is 5.92 Å². The van der Waals surface area contributed by atoms with E-state index in [1.807, 2.05) is 12.3 Å². The second-order valence-corrected chi connectivity index (χ2v) is 11.4. The Morgan fingerprint density at radius 1 is 1.24 bits per heavy atom. The number of imidazole rings is 1. The molecular formula is C31H29FN6O4. The molecule has 42 heavy (non-hydrogen) atoms. The lowest BCUT2D eigenvalue weighted by atomic mass is 9.92. The van der Waals surface area contributed by atoms with Crippen LogP contribution < -0.4 is 4.74 Å². The van der Waals surface area contributed by atoms with Gasteiger partial charge in [0.15, 0.2) is 0 Å². The molecule has 0 bridgehead atoms. The molecule has 10 nitrogen and oxygen atoms in total. The Morgan fingerprint density at radius 2 is 2.12 bits per heavy atom. The lowest BCUT2D eigenvalue weighted by Crippen LogP contribution is -2.37. The van der Waals surface area contributed by atoms with Gasteiger partial charge < -0.3 is 19.1 Å². The smallest absolute Gasteiger partial charge is 0.335 e. The second kappa shape index (κ2) is 10.5. The van der Waals surface area contributed by atoms with Crippen LogP contribution in [0.1, 0.15) is 52.3 Å². The summed E-state index contributed by atoms with van der Waals surface area (Å²) in [5.74, 6) is 0.264. The largest absolute Gasteiger partial charge is 0.478 e. The number of hydrogen-bond acceptors (Lipinski definition) is 8. The maximum Gasteiger partial charge on any atom is 0.335 e. The van der Waals surface area contributed by atoms with Crippen LogP contribution in [0.3, 0.4) is 0 Å². The number of fused-ring (bicyclic) bond motifs is 2. The number of benzene rings is 2. The number of nitrogens with zero attached hydrogens (tertiary/aromatic N) is 6. The highest BCUT2D eigenvalue weighted by molar-refractivity contribution is 5.92. The molecule has 2 aromatic heterocycles. The van der Waals surface area contributed by atoms with Crippen LogP contribution >= 0.6 is 0 Å². The third-order valence-corrected chi connectivity index (χ3v) is 8.88. The van der Waals surface area contributed by atoms with Crippen LogP contribution in [0.4, 0.5) is 4.39 Å². The van der Waals surface area contributed by atoms with Crippen molar-refractivity contribution in [3.63, 3.8) is 0 Å². The van der Waals surface area contributed by atoms with E-state index in [1.165, 1.54) is 6.07 Å². The number of carbonyl (C=O) groups is 1. The lowest BCUT2D eigenvalue weighted by molar-refractivity contribution is -0.0592. The van der Waals surface area contributed by atoms with Crippen molar-refractivity contribution < 1.29 is 23.8 Å². The monoisotopic (exact) mass is 568 g/mol. The average Bonchev–Trinajstić information content (AvgIpc) is 3.62. The van der Waals surface area contributed by atoms with E-state index in [2.05, 4.69) is 14.5 Å². The van der Waals surface area contributed by atoms with Crippen LogP contribution in [0, 0.1) is 23.1 Å². The van der Waals surface area contributed by atoms with E-state index in [4.69, 9.17) is 24.7 Å². The number of carboxylic acid groups (broad SMARTS) is 1. The van der Waals surface area contributed by atoms with Crippen molar-refractivity contribution >= 4 is 17.0 Å². The first-order valence-electron chi connectivity index (χ1n) is 14.1. The highest BCUT2D eigenvalue weighted by Gasteiger charge is 2.58. The number of rotatable bonds is 9. The molecule has 2 saturated heterocycles. The van der Waals surface area contributed by atoms with Gasteiger partial charge in [-0.05, 0) is 62.1 Å². The number of aromatic nitrogens is 4. The van der Waals surface area contributed by atoms with Crippen molar-refractivity contribution in [2.75, 3.05) is 19.7 Å². The molecule has 11 heteroatoms. The molecule has 1 aliphatic carbocycles. The van der Waals surface area contributed by atoms with Gasteiger partial charge in [-0.2, -0.15) is 5.26 Å². The number of halogens is 1. The third-order valence-electron chi connectivity index (χ3n) is 8.88. The number of aromatic carboxylic acids is 1. The number of ether oxygens (including phenoxy) is 2. The fourth-order valence-electron chi connectivity index (χ4n) is 6.28. The molecule has 4 heterocycles. The Balaban J connectivity index is 1.04. The molecule has 4 aromatic rings. The summed E-state index contributed by atoms with van der Waals surface area (Å²) in [6.45, 7) is 3.84. The lowest BCUT2D eigenvalue weighted by Gasteiger charge is -2.32. The second-order valence-electron chi connectivity index (χ2n) is 11.4. The number of hydrogen-bond donors (Lipinski definition) is 1. The van der Waals surface area contributed by atoms with E-state index >= 15 is 0 Å². The van der Waals surface area contributed by atoms with Gasteiger partial charge in [0, 0.05) is 30.3 Å². The molecule has 3 atom stereocenters. The van der Waals surface area contributed by atoms with E-state index in [0.717, 1.165) is 61.5 Å². The summed E-state index contributed by atoms with van der Waals surface area (Å²) in [7, 11) is 0. The number of carboxylic acids is 1. The van der Waals surface area contributed by atoms with Crippen molar-refractivity contribution in [1.82, 2.24) is 24.4 Å². The summed E-state index contributed by atoms with van der Waals surface area (Å²) >= 11 is 0. The number of piperidine rings is 1. The Bertz CT molecular complexity index is 1730. The summed E-state index contributed by atoms with van der Waals surface area (Å²) in [6.07, 6.45) is 6.39. The number of nitriles is 1. The summed E-state index contributed by atoms with van der Waals surface area (Å²) < 4.78 is 27.9. The fraction of sp³-hybridized carbons (Fsp3) is 0.387.